The van der Waals surface area contributed by atoms with E-state index in [1.807, 2.05) is 26.8 Å². The van der Waals surface area contributed by atoms with E-state index in [9.17, 15) is 34.8 Å². The first-order valence-electron chi connectivity index (χ1n) is 22.7. The zero-order valence-corrected chi connectivity index (χ0v) is 39.8. The fourth-order valence-electron chi connectivity index (χ4n) is 8.43. The zero-order valence-electron chi connectivity index (χ0n) is 39.8. The van der Waals surface area contributed by atoms with Gasteiger partial charge >= 0.3 is 11.9 Å². The molecule has 14 atom stereocenters. The van der Waals surface area contributed by atoms with Gasteiger partial charge in [0.15, 0.2) is 12.4 Å². The molecule has 3 heterocycles. The number of hydrogen-bond donors (Lipinski definition) is 6. The van der Waals surface area contributed by atoms with Gasteiger partial charge in [0.25, 0.3) is 0 Å². The molecule has 0 aromatic heterocycles. The minimum absolute atomic E-state index is 0.0269. The van der Waals surface area contributed by atoms with Crippen molar-refractivity contribution in [2.75, 3.05) is 27.4 Å². The third kappa shape index (κ3) is 15.2. The molecular weight excluding hydrogens is 867 g/mol. The van der Waals surface area contributed by atoms with Crippen LogP contribution < -0.4 is 5.32 Å². The van der Waals surface area contributed by atoms with E-state index in [-0.39, 0.29) is 31.4 Å². The molecule has 3 aliphatic heterocycles. The number of rotatable bonds is 22. The number of aliphatic hydroxyl groups is 4. The van der Waals surface area contributed by atoms with Gasteiger partial charge in [-0.25, -0.2) is 4.79 Å². The van der Waals surface area contributed by atoms with Gasteiger partial charge in [-0.1, -0.05) is 124 Å². The van der Waals surface area contributed by atoms with E-state index in [0.717, 1.165) is 11.6 Å². The summed E-state index contributed by atoms with van der Waals surface area (Å²) in [6.07, 6.45) is 11.9. The normalized spacial score (nSPS) is 31.9. The quantitative estimate of drug-likeness (QED) is 0.0537. The lowest BCUT2D eigenvalue weighted by molar-refractivity contribution is -0.367. The number of amides is 1. The van der Waals surface area contributed by atoms with Gasteiger partial charge < -0.3 is 64.0 Å². The average molecular weight is 938 g/mol. The van der Waals surface area contributed by atoms with Crippen LogP contribution in [0, 0.1) is 17.3 Å². The van der Waals surface area contributed by atoms with Crippen LogP contribution in [-0.4, -0.2) is 144 Å². The summed E-state index contributed by atoms with van der Waals surface area (Å²) in [6.45, 7) is 10.2. The van der Waals surface area contributed by atoms with Gasteiger partial charge in [-0.15, -0.1) is 0 Å². The fourth-order valence-corrected chi connectivity index (χ4v) is 8.43. The highest BCUT2D eigenvalue weighted by atomic mass is 16.7. The highest BCUT2D eigenvalue weighted by Gasteiger charge is 2.63. The number of carboxylic acids is 1. The molecule has 1 amide bonds. The minimum Gasteiger partial charge on any atom is -0.478 e. The van der Waals surface area contributed by atoms with Crippen molar-refractivity contribution in [2.24, 2.45) is 17.3 Å². The first kappa shape index (κ1) is 55.0. The lowest BCUT2D eigenvalue weighted by Crippen LogP contribution is -2.71. The number of esters is 1. The van der Waals surface area contributed by atoms with Crippen LogP contribution in [0.25, 0.3) is 0 Å². The molecule has 3 saturated heterocycles. The Balaban J connectivity index is 1.56. The van der Waals surface area contributed by atoms with Crippen LogP contribution in [0.2, 0.25) is 0 Å². The Morgan fingerprint density at radius 1 is 0.955 bits per heavy atom. The minimum atomic E-state index is -2.65. The summed E-state index contributed by atoms with van der Waals surface area (Å²) < 4.78 is 42.0. The fraction of sp³-hybridized carbons (Fsp3) is 0.549. The van der Waals surface area contributed by atoms with Gasteiger partial charge in [-0.05, 0) is 31.9 Å². The van der Waals surface area contributed by atoms with E-state index in [1.165, 1.54) is 13.2 Å². The molecule has 0 aliphatic carbocycles. The van der Waals surface area contributed by atoms with Crippen molar-refractivity contribution in [1.82, 2.24) is 5.32 Å². The smallest absolute Gasteiger partial charge is 0.328 e. The third-order valence-electron chi connectivity index (χ3n) is 12.5. The lowest BCUT2D eigenvalue weighted by Gasteiger charge is -2.54. The summed E-state index contributed by atoms with van der Waals surface area (Å²) in [5.41, 5.74) is 0.338. The molecule has 67 heavy (non-hydrogen) atoms. The number of ether oxygens (including phenoxy) is 7. The second-order valence-electron chi connectivity index (χ2n) is 17.7. The van der Waals surface area contributed by atoms with Gasteiger partial charge in [-0.3, -0.25) is 9.59 Å². The molecule has 3 aliphatic rings. The molecule has 3 fully saturated rings. The number of aliphatic carboxylic acids is 1. The summed E-state index contributed by atoms with van der Waals surface area (Å²) >= 11 is 0. The van der Waals surface area contributed by atoms with Crippen LogP contribution in [0.4, 0.5) is 0 Å². The Morgan fingerprint density at radius 2 is 1.66 bits per heavy atom. The summed E-state index contributed by atoms with van der Waals surface area (Å²) in [6, 6.07) is 8.83. The average Bonchev–Trinajstić information content (AvgIpc) is 3.66. The number of carbonyl (C=O) groups is 3. The maximum atomic E-state index is 14.5. The molecule has 0 radical (unpaired) electrons. The summed E-state index contributed by atoms with van der Waals surface area (Å²) in [4.78, 5) is 38.7. The second-order valence-corrected chi connectivity index (χ2v) is 17.7. The van der Waals surface area contributed by atoms with Crippen LogP contribution >= 0.6 is 0 Å². The number of nitrogens with one attached hydrogen (secondary N) is 1. The summed E-state index contributed by atoms with van der Waals surface area (Å²) in [5.74, 6) is -7.01. The molecule has 1 aromatic rings. The van der Waals surface area contributed by atoms with E-state index in [0.29, 0.717) is 12.0 Å². The number of aliphatic hydroxyl groups excluding tert-OH is 3. The first-order chi connectivity index (χ1) is 31.9. The highest BCUT2D eigenvalue weighted by molar-refractivity contribution is 5.81. The number of hydrogen-bond acceptors (Lipinski definition) is 14. The van der Waals surface area contributed by atoms with Crippen molar-refractivity contribution >= 4 is 17.8 Å². The molecule has 370 valence electrons. The largest absolute Gasteiger partial charge is 0.478 e. The lowest BCUT2D eigenvalue weighted by atomic mass is 9.71. The SMILES string of the molecule is C/C=C/C=C/[C@@H]1O[C@](O)(C(CO[C@@H]2C[C@@H](OC)[C@@H](O)[C@@H](C)O2)C(=O)NC/C=C/C=C(/C)C(OC)C(C)C2CC(O)C(/C=C/C=C/C=C/C(=O)O)O2)[C@H](OC(=O)Cc2ccccc2)[C@H](O)C1(C)C. The molecule has 6 N–H and O–H groups in total. The molecular formula is C51H71NO15. The second kappa shape index (κ2) is 26.2. The van der Waals surface area contributed by atoms with Gasteiger partial charge in [0.2, 0.25) is 11.7 Å². The molecule has 16 nitrogen and oxygen atoms in total. The topological polar surface area (TPSA) is 229 Å². The third-order valence-corrected chi connectivity index (χ3v) is 12.5. The predicted molar refractivity (Wildman–Crippen MR) is 249 cm³/mol. The molecule has 4 rings (SSSR count). The first-order valence-corrected chi connectivity index (χ1v) is 22.7. The van der Waals surface area contributed by atoms with Crippen molar-refractivity contribution in [3.05, 3.63) is 120 Å². The van der Waals surface area contributed by atoms with Crippen molar-refractivity contribution in [3.8, 4) is 0 Å². The van der Waals surface area contributed by atoms with Crippen LogP contribution in [0.3, 0.4) is 0 Å². The monoisotopic (exact) mass is 937 g/mol. The maximum Gasteiger partial charge on any atom is 0.328 e. The number of carbonyl (C=O) groups excluding carboxylic acids is 2. The Bertz CT molecular complexity index is 1960. The molecule has 0 saturated carbocycles. The highest BCUT2D eigenvalue weighted by Crippen LogP contribution is 2.46. The van der Waals surface area contributed by atoms with Crippen molar-refractivity contribution < 1.29 is 73.1 Å². The number of allylic oxidation sites excluding steroid dienone is 9. The van der Waals surface area contributed by atoms with Crippen molar-refractivity contribution in [1.29, 1.82) is 0 Å². The summed E-state index contributed by atoms with van der Waals surface area (Å²) in [7, 11) is 3.04. The molecule has 0 spiro atoms. The molecule has 6 unspecified atom stereocenters. The Labute approximate surface area is 394 Å². The van der Waals surface area contributed by atoms with Gasteiger partial charge in [0.05, 0.1) is 49.7 Å². The van der Waals surface area contributed by atoms with E-state index < -0.39 is 103 Å². The van der Waals surface area contributed by atoms with Crippen LogP contribution in [0.5, 0.6) is 0 Å². The standard InChI is InChI=1S/C51H71NO15/c1-9-10-14-25-41-50(5,6)47(58)48(66-43(56)28-35-22-15-13-16-23-35)51(60,67-41)36(31-63-44-30-40(61-7)45(57)34(4)64-44)49(59)52-27-20-19-21-32(2)46(62-8)33(3)39-29-37(53)38(65-39)24-17-11-12-18-26-42(54)55/h9-26,33-34,36-41,44-48,53,57-58,60H,27-31H2,1-8H3,(H,52,59)(H,54,55)/b10-9+,12-11+,20-19+,24-17+,25-14+,26-18+,32-21-/t33?,34-,36?,37?,38?,39?,40-,41+,44+,45+,46?,47+,48-,51-/m1/s1. The Kier molecular flexibility index (Phi) is 21.5. The van der Waals surface area contributed by atoms with Crippen molar-refractivity contribution in [3.63, 3.8) is 0 Å². The van der Waals surface area contributed by atoms with Crippen LogP contribution in [0.15, 0.2) is 115 Å². The van der Waals surface area contributed by atoms with Gasteiger partial charge in [0, 0.05) is 51.0 Å². The molecule has 1 aromatic carbocycles. The van der Waals surface area contributed by atoms with E-state index >= 15 is 0 Å². The van der Waals surface area contributed by atoms with Gasteiger partial charge in [0.1, 0.15) is 24.2 Å². The van der Waals surface area contributed by atoms with E-state index in [2.05, 4.69) is 5.32 Å². The van der Waals surface area contributed by atoms with E-state index in [4.69, 9.17) is 38.3 Å². The zero-order chi connectivity index (χ0) is 49.3. The van der Waals surface area contributed by atoms with Crippen LogP contribution in [-0.2, 0) is 54.0 Å². The summed E-state index contributed by atoms with van der Waals surface area (Å²) in [5, 5.41) is 57.7. The van der Waals surface area contributed by atoms with Gasteiger partial charge in [-0.2, -0.15) is 0 Å². The number of methoxy groups -OCH3 is 2. The Morgan fingerprint density at radius 3 is 2.33 bits per heavy atom. The maximum absolute atomic E-state index is 14.5. The number of benzene rings is 1. The molecule has 16 heteroatoms. The van der Waals surface area contributed by atoms with E-state index in [1.54, 1.807) is 119 Å². The van der Waals surface area contributed by atoms with Crippen LogP contribution in [0.1, 0.15) is 59.9 Å². The Hall–Kier alpha value is -4.59. The molecule has 0 bridgehead atoms. The van der Waals surface area contributed by atoms with Crippen molar-refractivity contribution in [2.45, 2.75) is 134 Å². The number of carboxylic acid groups (broad SMARTS) is 1. The predicted octanol–water partition coefficient (Wildman–Crippen LogP) is 4.43.